The van der Waals surface area contributed by atoms with Gasteiger partial charge in [-0.2, -0.15) is 0 Å². The monoisotopic (exact) mass is 402 g/mol. The lowest BCUT2D eigenvalue weighted by atomic mass is 10.2. The van der Waals surface area contributed by atoms with Crippen molar-refractivity contribution in [3.8, 4) is 5.75 Å². The number of amides is 1. The summed E-state index contributed by atoms with van der Waals surface area (Å²) in [5.41, 5.74) is 0.0616. The highest BCUT2D eigenvalue weighted by atomic mass is 32.2. The highest BCUT2D eigenvalue weighted by Gasteiger charge is 2.19. The summed E-state index contributed by atoms with van der Waals surface area (Å²) < 4.78 is 10.1. The van der Waals surface area contributed by atoms with E-state index in [1.807, 2.05) is 30.3 Å². The van der Waals surface area contributed by atoms with Crippen molar-refractivity contribution in [2.45, 2.75) is 17.9 Å². The predicted molar refractivity (Wildman–Crippen MR) is 105 cm³/mol. The molecule has 8 nitrogen and oxygen atoms in total. The van der Waals surface area contributed by atoms with Crippen LogP contribution in [0.15, 0.2) is 64.9 Å². The standard InChI is InChI=1S/C19H18N2O6S/c1-13(27-18(22)10-11-28-15-6-4-3-5-7-15)19(23)20-16-9-8-14(21(24)25)12-17(16)26-2/h3-13H,1-2H3,(H,20,23)/b11-10+/t13-/m0/s1. The zero-order valence-corrected chi connectivity index (χ0v) is 16.0. The fourth-order valence-electron chi connectivity index (χ4n) is 2.07. The minimum atomic E-state index is -1.07. The van der Waals surface area contributed by atoms with Crippen molar-refractivity contribution in [3.05, 3.63) is 70.1 Å². The second-order valence-electron chi connectivity index (χ2n) is 5.44. The third kappa shape index (κ3) is 6.13. The molecule has 0 bridgehead atoms. The van der Waals surface area contributed by atoms with E-state index in [9.17, 15) is 19.7 Å². The Morgan fingerprint density at radius 3 is 2.57 bits per heavy atom. The number of nitro groups is 1. The zero-order chi connectivity index (χ0) is 20.5. The topological polar surface area (TPSA) is 108 Å². The Bertz CT molecular complexity index is 885. The number of anilines is 1. The number of methoxy groups -OCH3 is 1. The SMILES string of the molecule is COc1cc([N+](=O)[O-])ccc1NC(=O)[C@H](C)OC(=O)/C=C/Sc1ccccc1. The molecule has 0 saturated heterocycles. The van der Waals surface area contributed by atoms with E-state index < -0.39 is 22.9 Å². The van der Waals surface area contributed by atoms with Crippen LogP contribution in [0.25, 0.3) is 0 Å². The van der Waals surface area contributed by atoms with Gasteiger partial charge in [0.1, 0.15) is 5.75 Å². The molecular weight excluding hydrogens is 384 g/mol. The lowest BCUT2D eigenvalue weighted by molar-refractivity contribution is -0.384. The summed E-state index contributed by atoms with van der Waals surface area (Å²) in [6.07, 6.45) is 0.159. The van der Waals surface area contributed by atoms with Crippen molar-refractivity contribution in [3.63, 3.8) is 0 Å². The number of thioether (sulfide) groups is 1. The Morgan fingerprint density at radius 1 is 1.21 bits per heavy atom. The molecular formula is C19H18N2O6S. The second-order valence-corrected chi connectivity index (χ2v) is 6.42. The number of carbonyl (C=O) groups is 2. The summed E-state index contributed by atoms with van der Waals surface area (Å²) in [4.78, 5) is 35.3. The van der Waals surface area contributed by atoms with E-state index in [1.165, 1.54) is 50.1 Å². The molecule has 2 rings (SSSR count). The number of hydrogen-bond donors (Lipinski definition) is 1. The molecule has 0 aliphatic heterocycles. The predicted octanol–water partition coefficient (Wildman–Crippen LogP) is 3.78. The van der Waals surface area contributed by atoms with Gasteiger partial charge in [0.2, 0.25) is 0 Å². The van der Waals surface area contributed by atoms with Gasteiger partial charge in [0.25, 0.3) is 11.6 Å². The molecule has 0 aliphatic carbocycles. The molecule has 0 aliphatic rings. The number of hydrogen-bond acceptors (Lipinski definition) is 7. The first-order valence-electron chi connectivity index (χ1n) is 8.13. The number of rotatable bonds is 8. The Kier molecular flexibility index (Phi) is 7.58. The first-order chi connectivity index (χ1) is 13.4. The fourth-order valence-corrected chi connectivity index (χ4v) is 2.72. The average Bonchev–Trinajstić information content (AvgIpc) is 2.68. The highest BCUT2D eigenvalue weighted by Crippen LogP contribution is 2.29. The van der Waals surface area contributed by atoms with Crippen molar-refractivity contribution in [1.82, 2.24) is 0 Å². The van der Waals surface area contributed by atoms with E-state index in [-0.39, 0.29) is 17.1 Å². The van der Waals surface area contributed by atoms with Crippen molar-refractivity contribution in [2.75, 3.05) is 12.4 Å². The number of esters is 1. The fraction of sp³-hybridized carbons (Fsp3) is 0.158. The molecule has 146 valence electrons. The number of ether oxygens (including phenoxy) is 2. The van der Waals surface area contributed by atoms with Gasteiger partial charge in [0.15, 0.2) is 6.10 Å². The van der Waals surface area contributed by atoms with E-state index >= 15 is 0 Å². The van der Waals surface area contributed by atoms with E-state index in [0.717, 1.165) is 4.90 Å². The summed E-state index contributed by atoms with van der Waals surface area (Å²) in [5.74, 6) is -1.13. The van der Waals surface area contributed by atoms with Crippen LogP contribution >= 0.6 is 11.8 Å². The van der Waals surface area contributed by atoms with Crippen molar-refractivity contribution >= 4 is 35.0 Å². The number of carbonyl (C=O) groups excluding carboxylic acids is 2. The average molecular weight is 402 g/mol. The third-order valence-corrected chi connectivity index (χ3v) is 4.28. The summed E-state index contributed by atoms with van der Waals surface area (Å²) in [6, 6.07) is 13.2. The van der Waals surface area contributed by atoms with Crippen molar-refractivity contribution < 1.29 is 24.0 Å². The molecule has 0 unspecified atom stereocenters. The molecule has 0 spiro atoms. The smallest absolute Gasteiger partial charge is 0.332 e. The first kappa shape index (κ1) is 21.0. The molecule has 28 heavy (non-hydrogen) atoms. The van der Waals surface area contributed by atoms with Gasteiger partial charge < -0.3 is 14.8 Å². The molecule has 0 aromatic heterocycles. The van der Waals surface area contributed by atoms with E-state index in [0.29, 0.717) is 0 Å². The van der Waals surface area contributed by atoms with Crippen LogP contribution in [0.2, 0.25) is 0 Å². The minimum absolute atomic E-state index is 0.125. The normalized spacial score (nSPS) is 11.6. The second kappa shape index (κ2) is 10.1. The highest BCUT2D eigenvalue weighted by molar-refractivity contribution is 8.02. The number of nitrogens with zero attached hydrogens (tertiary/aromatic N) is 1. The first-order valence-corrected chi connectivity index (χ1v) is 9.01. The third-order valence-electron chi connectivity index (χ3n) is 3.47. The molecule has 1 amide bonds. The molecule has 0 heterocycles. The van der Waals surface area contributed by atoms with E-state index in [1.54, 1.807) is 5.41 Å². The van der Waals surface area contributed by atoms with Gasteiger partial charge in [-0.05, 0) is 30.5 Å². The quantitative estimate of drug-likeness (QED) is 0.235. The Hall–Kier alpha value is -3.33. The van der Waals surface area contributed by atoms with Gasteiger partial charge in [-0.3, -0.25) is 14.9 Å². The lowest BCUT2D eigenvalue weighted by Crippen LogP contribution is -2.29. The van der Waals surface area contributed by atoms with Crippen LogP contribution < -0.4 is 10.1 Å². The zero-order valence-electron chi connectivity index (χ0n) is 15.2. The minimum Gasteiger partial charge on any atom is -0.494 e. The molecule has 0 radical (unpaired) electrons. The Balaban J connectivity index is 1.91. The van der Waals surface area contributed by atoms with Crippen LogP contribution in [0.1, 0.15) is 6.92 Å². The van der Waals surface area contributed by atoms with Crippen LogP contribution in [0, 0.1) is 10.1 Å². The number of non-ortho nitro benzene ring substituents is 1. The van der Waals surface area contributed by atoms with Crippen LogP contribution in [0.3, 0.4) is 0 Å². The number of nitro benzene ring substituents is 1. The summed E-state index contributed by atoms with van der Waals surface area (Å²) >= 11 is 1.34. The molecule has 9 heteroatoms. The lowest BCUT2D eigenvalue weighted by Gasteiger charge is -2.14. The molecule has 0 saturated carbocycles. The molecule has 0 fully saturated rings. The van der Waals surface area contributed by atoms with Gasteiger partial charge >= 0.3 is 5.97 Å². The molecule has 2 aromatic rings. The maximum Gasteiger partial charge on any atom is 0.332 e. The van der Waals surface area contributed by atoms with Gasteiger partial charge in [-0.15, -0.1) is 0 Å². The van der Waals surface area contributed by atoms with Gasteiger partial charge in [-0.1, -0.05) is 30.0 Å². The van der Waals surface area contributed by atoms with Crippen LogP contribution in [-0.2, 0) is 14.3 Å². The Morgan fingerprint density at radius 2 is 1.93 bits per heavy atom. The summed E-state index contributed by atoms with van der Waals surface area (Å²) in [5, 5.41) is 14.9. The Labute approximate surface area is 165 Å². The van der Waals surface area contributed by atoms with Gasteiger partial charge in [0.05, 0.1) is 23.8 Å². The van der Waals surface area contributed by atoms with Crippen LogP contribution in [0.5, 0.6) is 5.75 Å². The summed E-state index contributed by atoms with van der Waals surface area (Å²) in [6.45, 7) is 1.42. The van der Waals surface area contributed by atoms with Crippen LogP contribution in [0.4, 0.5) is 11.4 Å². The molecule has 2 aromatic carbocycles. The van der Waals surface area contributed by atoms with E-state index in [4.69, 9.17) is 9.47 Å². The van der Waals surface area contributed by atoms with Gasteiger partial charge in [0, 0.05) is 17.0 Å². The van der Waals surface area contributed by atoms with E-state index in [2.05, 4.69) is 5.32 Å². The largest absolute Gasteiger partial charge is 0.494 e. The van der Waals surface area contributed by atoms with Crippen molar-refractivity contribution in [1.29, 1.82) is 0 Å². The summed E-state index contributed by atoms with van der Waals surface area (Å²) in [7, 11) is 1.33. The maximum absolute atomic E-state index is 12.2. The molecule has 1 N–H and O–H groups in total. The molecule has 1 atom stereocenters. The number of nitrogens with one attached hydrogen (secondary N) is 1. The van der Waals surface area contributed by atoms with Gasteiger partial charge in [-0.25, -0.2) is 4.79 Å². The number of benzene rings is 2. The maximum atomic E-state index is 12.2. The van der Waals surface area contributed by atoms with Crippen molar-refractivity contribution in [2.24, 2.45) is 0 Å². The van der Waals surface area contributed by atoms with Crippen LogP contribution in [-0.4, -0.2) is 30.0 Å².